The summed E-state index contributed by atoms with van der Waals surface area (Å²) in [6.45, 7) is 5.39. The van der Waals surface area contributed by atoms with Gasteiger partial charge in [-0.25, -0.2) is 4.98 Å². The number of thiophene rings is 1. The smallest absolute Gasteiger partial charge is 0.267 e. The molecular weight excluding hydrogens is 396 g/mol. The third kappa shape index (κ3) is 3.83. The summed E-state index contributed by atoms with van der Waals surface area (Å²) in [6, 6.07) is 8.08. The summed E-state index contributed by atoms with van der Waals surface area (Å²) in [6.07, 6.45) is 2.10. The van der Waals surface area contributed by atoms with E-state index >= 15 is 0 Å². The Kier molecular flexibility index (Phi) is 5.92. The van der Waals surface area contributed by atoms with Gasteiger partial charge in [0.15, 0.2) is 5.16 Å². The van der Waals surface area contributed by atoms with Crippen LogP contribution in [0.25, 0.3) is 15.9 Å². The minimum absolute atomic E-state index is 0.0597. The molecular formula is C20H22N2O2S3. The van der Waals surface area contributed by atoms with Gasteiger partial charge in [0, 0.05) is 12.4 Å². The molecule has 4 rings (SSSR count). The Bertz CT molecular complexity index is 1030. The van der Waals surface area contributed by atoms with Gasteiger partial charge in [0.25, 0.3) is 5.56 Å². The molecule has 3 heterocycles. The largest absolute Gasteiger partial charge is 0.381 e. The Balaban J connectivity index is 1.88. The van der Waals surface area contributed by atoms with Gasteiger partial charge in [-0.15, -0.1) is 23.1 Å². The summed E-state index contributed by atoms with van der Waals surface area (Å²) in [5.41, 5.74) is 3.28. The maximum atomic E-state index is 13.6. The molecule has 0 aliphatic carbocycles. The number of aromatic nitrogens is 2. The van der Waals surface area contributed by atoms with Gasteiger partial charge in [0.2, 0.25) is 0 Å². The maximum absolute atomic E-state index is 13.6. The van der Waals surface area contributed by atoms with Crippen LogP contribution >= 0.6 is 34.9 Å². The van der Waals surface area contributed by atoms with Gasteiger partial charge in [-0.1, -0.05) is 23.9 Å². The summed E-state index contributed by atoms with van der Waals surface area (Å²) in [5.74, 6) is 1.90. The van der Waals surface area contributed by atoms with Crippen LogP contribution in [0.1, 0.15) is 24.5 Å². The van der Waals surface area contributed by atoms with Crippen LogP contribution < -0.4 is 5.56 Å². The molecule has 1 aliphatic heterocycles. The van der Waals surface area contributed by atoms with Crippen LogP contribution in [0, 0.1) is 6.92 Å². The van der Waals surface area contributed by atoms with Crippen LogP contribution in [0.3, 0.4) is 0 Å². The Labute approximate surface area is 171 Å². The summed E-state index contributed by atoms with van der Waals surface area (Å²) < 4.78 is 8.53. The van der Waals surface area contributed by atoms with Crippen molar-refractivity contribution in [2.45, 2.75) is 36.1 Å². The van der Waals surface area contributed by atoms with Crippen LogP contribution in [0.15, 0.2) is 38.4 Å². The molecule has 0 amide bonds. The van der Waals surface area contributed by atoms with Crippen molar-refractivity contribution in [3.63, 3.8) is 0 Å². The number of rotatable bonds is 6. The molecule has 1 aromatic carbocycles. The van der Waals surface area contributed by atoms with E-state index in [9.17, 15) is 4.79 Å². The zero-order chi connectivity index (χ0) is 18.8. The fourth-order valence-corrected chi connectivity index (χ4v) is 6.69. The lowest BCUT2D eigenvalue weighted by Gasteiger charge is -2.14. The molecule has 0 atom stereocenters. The average molecular weight is 419 g/mol. The maximum Gasteiger partial charge on any atom is 0.267 e. The van der Waals surface area contributed by atoms with E-state index in [-0.39, 0.29) is 5.56 Å². The van der Waals surface area contributed by atoms with Crippen molar-refractivity contribution in [2.75, 3.05) is 24.7 Å². The third-order valence-electron chi connectivity index (χ3n) is 4.48. The van der Waals surface area contributed by atoms with Gasteiger partial charge < -0.3 is 4.74 Å². The topological polar surface area (TPSA) is 44.1 Å². The fourth-order valence-electron chi connectivity index (χ4n) is 3.25. The first-order valence-electron chi connectivity index (χ1n) is 9.18. The van der Waals surface area contributed by atoms with Crippen molar-refractivity contribution in [3.8, 4) is 5.69 Å². The zero-order valence-electron chi connectivity index (χ0n) is 15.5. The van der Waals surface area contributed by atoms with Gasteiger partial charge in [-0.2, -0.15) is 0 Å². The zero-order valence-corrected chi connectivity index (χ0v) is 17.9. The number of fused-ring (bicyclic) bond motifs is 3. The van der Waals surface area contributed by atoms with Crippen molar-refractivity contribution < 1.29 is 4.74 Å². The monoisotopic (exact) mass is 418 g/mol. The molecule has 0 unspecified atom stereocenters. The SMILES string of the molecule is CCOCCSc1nc2sc3c(c2c(=O)n1-c1cccc(C)c1)CCCS3. The number of hydrogen-bond acceptors (Lipinski definition) is 6. The normalized spacial score (nSPS) is 13.9. The van der Waals surface area contributed by atoms with Crippen molar-refractivity contribution in [3.05, 3.63) is 45.7 Å². The predicted octanol–water partition coefficient (Wildman–Crippen LogP) is 4.92. The molecule has 142 valence electrons. The number of aryl methyl sites for hydroxylation is 2. The van der Waals surface area contributed by atoms with E-state index < -0.39 is 0 Å². The highest BCUT2D eigenvalue weighted by atomic mass is 32.2. The lowest BCUT2D eigenvalue weighted by atomic mass is 10.1. The van der Waals surface area contributed by atoms with E-state index in [4.69, 9.17) is 9.72 Å². The summed E-state index contributed by atoms with van der Waals surface area (Å²) in [7, 11) is 0. The first-order chi connectivity index (χ1) is 13.2. The molecule has 1 aliphatic rings. The van der Waals surface area contributed by atoms with Crippen LogP contribution in [-0.4, -0.2) is 34.3 Å². The molecule has 0 bridgehead atoms. The molecule has 0 fully saturated rings. The van der Waals surface area contributed by atoms with E-state index in [2.05, 4.69) is 6.07 Å². The fraction of sp³-hybridized carbons (Fsp3) is 0.400. The van der Waals surface area contributed by atoms with Crippen molar-refractivity contribution in [1.82, 2.24) is 9.55 Å². The molecule has 7 heteroatoms. The first-order valence-corrected chi connectivity index (χ1v) is 12.0. The number of thioether (sulfide) groups is 2. The third-order valence-corrected chi connectivity index (χ3v) is 7.91. The van der Waals surface area contributed by atoms with Crippen LogP contribution in [0.4, 0.5) is 0 Å². The van der Waals surface area contributed by atoms with E-state index in [1.807, 2.05) is 43.8 Å². The van der Waals surface area contributed by atoms with Crippen LogP contribution in [0.2, 0.25) is 0 Å². The van der Waals surface area contributed by atoms with E-state index in [1.165, 1.54) is 9.77 Å². The second-order valence-corrected chi connectivity index (χ2v) is 9.84. The van der Waals surface area contributed by atoms with Crippen molar-refractivity contribution >= 4 is 45.1 Å². The van der Waals surface area contributed by atoms with Crippen molar-refractivity contribution in [2.24, 2.45) is 0 Å². The van der Waals surface area contributed by atoms with Crippen LogP contribution in [0.5, 0.6) is 0 Å². The van der Waals surface area contributed by atoms with E-state index in [1.54, 1.807) is 27.7 Å². The van der Waals surface area contributed by atoms with Gasteiger partial charge >= 0.3 is 0 Å². The Morgan fingerprint density at radius 3 is 3.07 bits per heavy atom. The molecule has 0 saturated carbocycles. The lowest BCUT2D eigenvalue weighted by Crippen LogP contribution is -2.22. The van der Waals surface area contributed by atoms with Gasteiger partial charge in [-0.05, 0) is 55.7 Å². The van der Waals surface area contributed by atoms with Crippen molar-refractivity contribution in [1.29, 1.82) is 0 Å². The molecule has 0 radical (unpaired) electrons. The predicted molar refractivity (Wildman–Crippen MR) is 116 cm³/mol. The highest BCUT2D eigenvalue weighted by molar-refractivity contribution is 8.01. The minimum Gasteiger partial charge on any atom is -0.381 e. The quantitative estimate of drug-likeness (QED) is 0.323. The standard InChI is InChI=1S/C20H22N2O2S3/c1-3-24-9-11-26-20-21-17-16(15-8-5-10-25-19(15)27-17)18(23)22(20)14-7-4-6-13(2)12-14/h4,6-7,12H,3,5,8-11H2,1-2H3. The molecule has 0 N–H and O–H groups in total. The van der Waals surface area contributed by atoms with Gasteiger partial charge in [0.05, 0.1) is 21.9 Å². The second kappa shape index (κ2) is 8.39. The molecule has 4 nitrogen and oxygen atoms in total. The number of hydrogen-bond donors (Lipinski definition) is 0. The minimum atomic E-state index is 0.0597. The lowest BCUT2D eigenvalue weighted by molar-refractivity contribution is 0.164. The summed E-state index contributed by atoms with van der Waals surface area (Å²) in [5, 5.41) is 1.57. The Morgan fingerprint density at radius 1 is 1.37 bits per heavy atom. The highest BCUT2D eigenvalue weighted by Crippen LogP contribution is 2.40. The molecule has 0 spiro atoms. The summed E-state index contributed by atoms with van der Waals surface area (Å²) >= 11 is 5.12. The number of nitrogens with zero attached hydrogens (tertiary/aromatic N) is 2. The van der Waals surface area contributed by atoms with Crippen LogP contribution in [-0.2, 0) is 11.2 Å². The van der Waals surface area contributed by atoms with E-state index in [0.717, 1.165) is 51.0 Å². The molecule has 3 aromatic rings. The van der Waals surface area contributed by atoms with Gasteiger partial charge in [0.1, 0.15) is 4.83 Å². The average Bonchev–Trinajstić information content (AvgIpc) is 3.04. The van der Waals surface area contributed by atoms with Gasteiger partial charge in [-0.3, -0.25) is 9.36 Å². The number of ether oxygens (including phenoxy) is 1. The summed E-state index contributed by atoms with van der Waals surface area (Å²) in [4.78, 5) is 19.4. The van der Waals surface area contributed by atoms with E-state index in [0.29, 0.717) is 13.2 Å². The molecule has 0 saturated heterocycles. The molecule has 2 aromatic heterocycles. The second-order valence-electron chi connectivity index (χ2n) is 6.42. The highest BCUT2D eigenvalue weighted by Gasteiger charge is 2.23. The Morgan fingerprint density at radius 2 is 2.26 bits per heavy atom. The first kappa shape index (κ1) is 19.1. The number of benzene rings is 1. The Hall–Kier alpha value is -1.28. The molecule has 27 heavy (non-hydrogen) atoms.